The summed E-state index contributed by atoms with van der Waals surface area (Å²) in [6.45, 7) is 0. The summed E-state index contributed by atoms with van der Waals surface area (Å²) in [7, 11) is 0. The first-order valence-corrected chi connectivity index (χ1v) is 3.39. The Morgan fingerprint density at radius 3 is 2.75 bits per heavy atom. The molecule has 60 valence electrons. The summed E-state index contributed by atoms with van der Waals surface area (Å²) in [5, 5.41) is 8.36. The molecule has 4 nitrogen and oxygen atoms in total. The van der Waals surface area contributed by atoms with Gasteiger partial charge in [0.2, 0.25) is 0 Å². The summed E-state index contributed by atoms with van der Waals surface area (Å²) in [4.78, 5) is 14.3. The standard InChI is InChI=1S/C7H4ClN3O/c8-6-5(7(10)12)2-1-4(3-9)11-6/h1-2H,(H2,10,12). The van der Waals surface area contributed by atoms with Gasteiger partial charge in [0.25, 0.3) is 5.91 Å². The van der Waals surface area contributed by atoms with Crippen LogP contribution in [0.4, 0.5) is 0 Å². The van der Waals surface area contributed by atoms with Crippen LogP contribution in [0.1, 0.15) is 16.1 Å². The van der Waals surface area contributed by atoms with Gasteiger partial charge in [0.15, 0.2) is 0 Å². The molecule has 0 aromatic carbocycles. The van der Waals surface area contributed by atoms with Gasteiger partial charge in [-0.25, -0.2) is 4.98 Å². The van der Waals surface area contributed by atoms with Crippen molar-refractivity contribution in [3.8, 4) is 6.07 Å². The highest BCUT2D eigenvalue weighted by Gasteiger charge is 2.07. The number of nitriles is 1. The Morgan fingerprint density at radius 2 is 2.33 bits per heavy atom. The second kappa shape index (κ2) is 3.20. The van der Waals surface area contributed by atoms with Gasteiger partial charge >= 0.3 is 0 Å². The Morgan fingerprint density at radius 1 is 1.67 bits per heavy atom. The lowest BCUT2D eigenvalue weighted by Gasteiger charge is -1.96. The van der Waals surface area contributed by atoms with E-state index in [9.17, 15) is 4.79 Å². The zero-order chi connectivity index (χ0) is 9.14. The molecule has 0 aliphatic rings. The number of carbonyl (C=O) groups excluding carboxylic acids is 1. The normalized spacial score (nSPS) is 9.00. The second-order valence-corrected chi connectivity index (χ2v) is 2.37. The zero-order valence-electron chi connectivity index (χ0n) is 5.91. The van der Waals surface area contributed by atoms with E-state index in [-0.39, 0.29) is 16.4 Å². The molecule has 0 radical (unpaired) electrons. The van der Waals surface area contributed by atoms with Crippen molar-refractivity contribution in [2.45, 2.75) is 0 Å². The molecule has 0 unspecified atom stereocenters. The molecule has 0 bridgehead atoms. The van der Waals surface area contributed by atoms with E-state index in [2.05, 4.69) is 4.98 Å². The maximum Gasteiger partial charge on any atom is 0.251 e. The zero-order valence-corrected chi connectivity index (χ0v) is 6.67. The quantitative estimate of drug-likeness (QED) is 0.648. The number of rotatable bonds is 1. The minimum Gasteiger partial charge on any atom is -0.366 e. The number of pyridine rings is 1. The molecule has 12 heavy (non-hydrogen) atoms. The van der Waals surface area contributed by atoms with E-state index >= 15 is 0 Å². The van der Waals surface area contributed by atoms with Gasteiger partial charge in [-0.05, 0) is 12.1 Å². The first-order chi connectivity index (χ1) is 5.65. The SMILES string of the molecule is N#Cc1ccc(C(N)=O)c(Cl)n1. The molecule has 5 heteroatoms. The second-order valence-electron chi connectivity index (χ2n) is 2.01. The fourth-order valence-electron chi connectivity index (χ4n) is 0.680. The van der Waals surface area contributed by atoms with Crippen molar-refractivity contribution >= 4 is 17.5 Å². The summed E-state index contributed by atoms with van der Waals surface area (Å²) in [6, 6.07) is 4.54. The fourth-order valence-corrected chi connectivity index (χ4v) is 0.928. The number of hydrogen-bond acceptors (Lipinski definition) is 3. The topological polar surface area (TPSA) is 79.8 Å². The third kappa shape index (κ3) is 1.52. The minimum atomic E-state index is -0.656. The first kappa shape index (κ1) is 8.50. The van der Waals surface area contributed by atoms with Crippen LogP contribution in [0.3, 0.4) is 0 Å². The highest BCUT2D eigenvalue weighted by molar-refractivity contribution is 6.32. The maximum atomic E-state index is 10.6. The van der Waals surface area contributed by atoms with E-state index in [4.69, 9.17) is 22.6 Å². The summed E-state index contributed by atoms with van der Waals surface area (Å²) in [5.41, 5.74) is 5.24. The molecule has 1 heterocycles. The molecule has 0 aliphatic carbocycles. The number of aromatic nitrogens is 1. The lowest BCUT2D eigenvalue weighted by molar-refractivity contribution is 0.1000. The Labute approximate surface area is 73.6 Å². The van der Waals surface area contributed by atoms with Crippen molar-refractivity contribution < 1.29 is 4.79 Å². The largest absolute Gasteiger partial charge is 0.366 e. The van der Waals surface area contributed by atoms with Crippen molar-refractivity contribution in [3.63, 3.8) is 0 Å². The van der Waals surface area contributed by atoms with Gasteiger partial charge in [-0.15, -0.1) is 0 Å². The lowest BCUT2D eigenvalue weighted by atomic mass is 10.2. The number of halogens is 1. The van der Waals surface area contributed by atoms with Crippen LogP contribution in [0.2, 0.25) is 5.15 Å². The summed E-state index contributed by atoms with van der Waals surface area (Å²) < 4.78 is 0. The summed E-state index contributed by atoms with van der Waals surface area (Å²) in [6.07, 6.45) is 0. The third-order valence-electron chi connectivity index (χ3n) is 1.23. The number of nitrogens with two attached hydrogens (primary N) is 1. The van der Waals surface area contributed by atoms with E-state index < -0.39 is 5.91 Å². The molecule has 0 saturated carbocycles. The van der Waals surface area contributed by atoms with Gasteiger partial charge in [-0.2, -0.15) is 5.26 Å². The van der Waals surface area contributed by atoms with Crippen LogP contribution in [-0.4, -0.2) is 10.9 Å². The van der Waals surface area contributed by atoms with Crippen LogP contribution in [0.25, 0.3) is 0 Å². The molecule has 1 aromatic rings. The van der Waals surface area contributed by atoms with Gasteiger partial charge < -0.3 is 5.73 Å². The highest BCUT2D eigenvalue weighted by Crippen LogP contribution is 2.12. The Bertz CT molecular complexity index is 369. The van der Waals surface area contributed by atoms with Gasteiger partial charge in [-0.3, -0.25) is 4.79 Å². The van der Waals surface area contributed by atoms with Crippen LogP contribution >= 0.6 is 11.6 Å². The number of hydrogen-bond donors (Lipinski definition) is 1. The lowest BCUT2D eigenvalue weighted by Crippen LogP contribution is -2.12. The van der Waals surface area contributed by atoms with E-state index in [1.54, 1.807) is 6.07 Å². The van der Waals surface area contributed by atoms with Crippen LogP contribution in [0.15, 0.2) is 12.1 Å². The van der Waals surface area contributed by atoms with E-state index in [1.807, 2.05) is 0 Å². The first-order valence-electron chi connectivity index (χ1n) is 3.01. The predicted molar refractivity (Wildman–Crippen MR) is 42.5 cm³/mol. The molecule has 0 spiro atoms. The van der Waals surface area contributed by atoms with Gasteiger partial charge in [0.05, 0.1) is 5.56 Å². The van der Waals surface area contributed by atoms with Crippen molar-refractivity contribution in [1.29, 1.82) is 5.26 Å². The van der Waals surface area contributed by atoms with Crippen molar-refractivity contribution in [2.75, 3.05) is 0 Å². The molecule has 0 fully saturated rings. The molecular weight excluding hydrogens is 178 g/mol. The highest BCUT2D eigenvalue weighted by atomic mass is 35.5. The summed E-state index contributed by atoms with van der Waals surface area (Å²) >= 11 is 5.54. The van der Waals surface area contributed by atoms with E-state index in [1.165, 1.54) is 12.1 Å². The van der Waals surface area contributed by atoms with E-state index in [0.29, 0.717) is 0 Å². The Kier molecular flexibility index (Phi) is 2.26. The molecule has 1 rings (SSSR count). The Balaban J connectivity index is 3.23. The van der Waals surface area contributed by atoms with Crippen molar-refractivity contribution in [3.05, 3.63) is 28.5 Å². The van der Waals surface area contributed by atoms with E-state index in [0.717, 1.165) is 0 Å². The molecular formula is C7H4ClN3O. The van der Waals surface area contributed by atoms with Crippen molar-refractivity contribution in [2.24, 2.45) is 5.73 Å². The molecule has 0 aliphatic heterocycles. The predicted octanol–water partition coefficient (Wildman–Crippen LogP) is 0.706. The molecule has 1 amide bonds. The monoisotopic (exact) mass is 181 g/mol. The van der Waals surface area contributed by atoms with Gasteiger partial charge in [-0.1, -0.05) is 11.6 Å². The minimum absolute atomic E-state index is 0.0402. The maximum absolute atomic E-state index is 10.6. The average Bonchev–Trinajstić information content (AvgIpc) is 2.03. The molecule has 0 atom stereocenters. The number of carbonyl (C=O) groups is 1. The van der Waals surface area contributed by atoms with Crippen LogP contribution in [0.5, 0.6) is 0 Å². The number of nitrogens with zero attached hydrogens (tertiary/aromatic N) is 2. The fraction of sp³-hybridized carbons (Fsp3) is 0. The number of primary amides is 1. The number of amides is 1. The van der Waals surface area contributed by atoms with Crippen LogP contribution in [0, 0.1) is 11.3 Å². The van der Waals surface area contributed by atoms with Crippen LogP contribution in [-0.2, 0) is 0 Å². The van der Waals surface area contributed by atoms with Gasteiger partial charge in [0, 0.05) is 0 Å². The molecule has 1 aromatic heterocycles. The molecule has 0 saturated heterocycles. The van der Waals surface area contributed by atoms with Gasteiger partial charge in [0.1, 0.15) is 16.9 Å². The smallest absolute Gasteiger partial charge is 0.251 e. The molecule has 2 N–H and O–H groups in total. The Hall–Kier alpha value is -1.60. The summed E-state index contributed by atoms with van der Waals surface area (Å²) in [5.74, 6) is -0.656. The van der Waals surface area contributed by atoms with Crippen LogP contribution < -0.4 is 5.73 Å². The third-order valence-corrected chi connectivity index (χ3v) is 1.52. The van der Waals surface area contributed by atoms with Crippen molar-refractivity contribution in [1.82, 2.24) is 4.98 Å². The average molecular weight is 182 g/mol.